The maximum Gasteiger partial charge on any atom is 0.326 e. The number of primary amides is 1. The fraction of sp³-hybridized carbons (Fsp3) is 0.706. The number of amides is 9. The van der Waals surface area contributed by atoms with Gasteiger partial charge in [0.1, 0.15) is 48.3 Å². The van der Waals surface area contributed by atoms with Gasteiger partial charge in [-0.25, -0.2) is 4.79 Å². The van der Waals surface area contributed by atoms with Crippen molar-refractivity contribution in [2.45, 2.75) is 108 Å². The lowest BCUT2D eigenvalue weighted by molar-refractivity contribution is -0.144. The molecule has 24 nitrogen and oxygen atoms in total. The van der Waals surface area contributed by atoms with E-state index in [9.17, 15) is 63.3 Å². The molecule has 1 aliphatic rings. The Morgan fingerprint density at radius 2 is 1.34 bits per heavy atom. The number of nitrogens with one attached hydrogen (secondary N) is 7. The minimum absolute atomic E-state index is 0.130. The summed E-state index contributed by atoms with van der Waals surface area (Å²) in [7, 11) is 0. The highest BCUT2D eigenvalue weighted by molar-refractivity contribution is 7.98. The molecule has 1 rings (SSSR count). The van der Waals surface area contributed by atoms with Crippen molar-refractivity contribution in [1.82, 2.24) is 42.1 Å². The summed E-state index contributed by atoms with van der Waals surface area (Å²) in [4.78, 5) is 128. The molecule has 0 spiro atoms. The summed E-state index contributed by atoms with van der Waals surface area (Å²) in [6.45, 7) is 3.20. The fourth-order valence-electron chi connectivity index (χ4n) is 5.62. The maximum absolute atomic E-state index is 13.4. The zero-order chi connectivity index (χ0) is 45.1. The van der Waals surface area contributed by atoms with E-state index >= 15 is 0 Å². The largest absolute Gasteiger partial charge is 0.480 e. The monoisotopic (exact) mass is 862 g/mol. The molecule has 15 N–H and O–H groups in total. The van der Waals surface area contributed by atoms with Gasteiger partial charge in [0.25, 0.3) is 0 Å². The molecule has 0 radical (unpaired) electrons. The molecule has 0 bridgehead atoms. The van der Waals surface area contributed by atoms with Crippen LogP contribution in [-0.2, 0) is 47.9 Å². The standard InChI is InChI=1S/C34H58N10O14S/c1-15(2)25(34(57)58)42-30(53)21(14-46)41-32(55)26(17(4)47)43-29(52)20(11-23(36)48)39-24(49)12-37-31(54)22-7-6-9-44(22)33(56)16(3)38-28(51)19(8-10-59-5)40-27(50)18(35)13-45/h15-22,25-26,45-47H,6-14,35H2,1-5H3,(H2,36,48)(H,37,54)(H,38,51)(H,39,49)(H,40,50)(H,41,55)(H,42,53)(H,43,52)(H,57,58). The Morgan fingerprint density at radius 3 is 1.86 bits per heavy atom. The van der Waals surface area contributed by atoms with Gasteiger partial charge in [0.2, 0.25) is 53.2 Å². The number of aliphatic hydroxyl groups excluding tert-OH is 3. The van der Waals surface area contributed by atoms with Crippen molar-refractivity contribution in [2.24, 2.45) is 17.4 Å². The Labute approximate surface area is 344 Å². The van der Waals surface area contributed by atoms with Gasteiger partial charge in [0.15, 0.2) is 0 Å². The number of thioether (sulfide) groups is 1. The smallest absolute Gasteiger partial charge is 0.326 e. The van der Waals surface area contributed by atoms with E-state index in [0.29, 0.717) is 12.2 Å². The van der Waals surface area contributed by atoms with E-state index in [-0.39, 0.29) is 19.4 Å². The average Bonchev–Trinajstić information content (AvgIpc) is 3.66. The second-order valence-electron chi connectivity index (χ2n) is 14.1. The number of likely N-dealkylation sites (tertiary alicyclic amines) is 1. The van der Waals surface area contributed by atoms with E-state index in [1.54, 1.807) is 6.26 Å². The van der Waals surface area contributed by atoms with Crippen molar-refractivity contribution in [1.29, 1.82) is 0 Å². The molecule has 1 fully saturated rings. The van der Waals surface area contributed by atoms with Gasteiger partial charge in [0.05, 0.1) is 32.3 Å². The third-order valence-electron chi connectivity index (χ3n) is 8.93. The van der Waals surface area contributed by atoms with E-state index in [1.165, 1.54) is 37.4 Å². The number of hydrogen-bond donors (Lipinski definition) is 13. The molecule has 1 heterocycles. The van der Waals surface area contributed by atoms with Crippen LogP contribution in [0.4, 0.5) is 0 Å². The first kappa shape index (κ1) is 51.9. The van der Waals surface area contributed by atoms with Crippen molar-refractivity contribution in [2.75, 3.05) is 38.3 Å². The molecule has 0 aromatic heterocycles. The zero-order valence-corrected chi connectivity index (χ0v) is 34.3. The predicted molar refractivity (Wildman–Crippen MR) is 208 cm³/mol. The Morgan fingerprint density at radius 1 is 0.763 bits per heavy atom. The fourth-order valence-corrected chi connectivity index (χ4v) is 6.09. The predicted octanol–water partition coefficient (Wildman–Crippen LogP) is -6.92. The maximum atomic E-state index is 13.4. The van der Waals surface area contributed by atoms with E-state index < -0.39 is 146 Å². The number of aliphatic hydroxyl groups is 3. The van der Waals surface area contributed by atoms with Crippen LogP contribution in [0.5, 0.6) is 0 Å². The van der Waals surface area contributed by atoms with Gasteiger partial charge in [-0.15, -0.1) is 0 Å². The molecule has 1 saturated heterocycles. The third kappa shape index (κ3) is 17.0. The van der Waals surface area contributed by atoms with E-state index in [0.717, 1.165) is 6.92 Å². The quantitative estimate of drug-likeness (QED) is 0.0406. The number of carbonyl (C=O) groups excluding carboxylic acids is 9. The molecule has 0 aromatic carbocycles. The summed E-state index contributed by atoms with van der Waals surface area (Å²) in [5, 5.41) is 54.4. The van der Waals surface area contributed by atoms with Crippen LogP contribution in [0.1, 0.15) is 53.4 Å². The second-order valence-corrected chi connectivity index (χ2v) is 15.1. The first-order valence-corrected chi connectivity index (χ1v) is 20.0. The number of hydrogen-bond acceptors (Lipinski definition) is 15. The summed E-state index contributed by atoms with van der Waals surface area (Å²) < 4.78 is 0. The van der Waals surface area contributed by atoms with E-state index in [4.69, 9.17) is 16.6 Å². The summed E-state index contributed by atoms with van der Waals surface area (Å²) >= 11 is 1.41. The summed E-state index contributed by atoms with van der Waals surface area (Å²) in [5.74, 6) is -9.91. The number of carboxylic acids is 1. The lowest BCUT2D eigenvalue weighted by Crippen LogP contribution is -2.61. The van der Waals surface area contributed by atoms with Gasteiger partial charge < -0.3 is 74.0 Å². The van der Waals surface area contributed by atoms with Crippen LogP contribution in [-0.4, -0.2) is 177 Å². The summed E-state index contributed by atoms with van der Waals surface area (Å²) in [6, 6.07) is -11.2. The molecule has 0 saturated carbocycles. The summed E-state index contributed by atoms with van der Waals surface area (Å²) in [6.07, 6.45) is 0.102. The number of nitrogens with two attached hydrogens (primary N) is 2. The zero-order valence-electron chi connectivity index (χ0n) is 33.5. The Bertz CT molecular complexity index is 1540. The summed E-state index contributed by atoms with van der Waals surface area (Å²) in [5.41, 5.74) is 10.8. The number of aliphatic carboxylic acids is 1. The lowest BCUT2D eigenvalue weighted by atomic mass is 10.0. The van der Waals surface area contributed by atoms with Gasteiger partial charge in [-0.05, 0) is 51.0 Å². The molecule has 0 aromatic rings. The van der Waals surface area contributed by atoms with E-state index in [1.807, 2.05) is 0 Å². The first-order valence-electron chi connectivity index (χ1n) is 18.6. The highest BCUT2D eigenvalue weighted by Crippen LogP contribution is 2.19. The van der Waals surface area contributed by atoms with Crippen molar-refractivity contribution in [3.63, 3.8) is 0 Å². The number of carbonyl (C=O) groups is 10. The van der Waals surface area contributed by atoms with Crippen LogP contribution in [0.3, 0.4) is 0 Å². The van der Waals surface area contributed by atoms with Gasteiger partial charge >= 0.3 is 5.97 Å². The molecule has 334 valence electrons. The normalized spacial score (nSPS) is 17.7. The Balaban J connectivity index is 2.95. The molecular weight excluding hydrogens is 804 g/mol. The minimum Gasteiger partial charge on any atom is -0.480 e. The van der Waals surface area contributed by atoms with Gasteiger partial charge in [-0.2, -0.15) is 11.8 Å². The highest BCUT2D eigenvalue weighted by atomic mass is 32.2. The molecule has 59 heavy (non-hydrogen) atoms. The molecule has 0 aliphatic carbocycles. The average molecular weight is 863 g/mol. The Kier molecular flexibility index (Phi) is 22.3. The van der Waals surface area contributed by atoms with Crippen molar-refractivity contribution in [3.05, 3.63) is 0 Å². The third-order valence-corrected chi connectivity index (χ3v) is 9.58. The molecule has 1 aliphatic heterocycles. The molecule has 9 amide bonds. The molecule has 25 heteroatoms. The van der Waals surface area contributed by atoms with Crippen LogP contribution in [0, 0.1) is 5.92 Å². The van der Waals surface area contributed by atoms with Crippen molar-refractivity contribution >= 4 is 70.9 Å². The Hall–Kier alpha value is -5.11. The van der Waals surface area contributed by atoms with Crippen molar-refractivity contribution < 1.29 is 68.4 Å². The van der Waals surface area contributed by atoms with Crippen LogP contribution < -0.4 is 48.7 Å². The number of nitrogens with zero attached hydrogens (tertiary/aromatic N) is 1. The molecule has 9 atom stereocenters. The van der Waals surface area contributed by atoms with Crippen LogP contribution in [0.2, 0.25) is 0 Å². The van der Waals surface area contributed by atoms with Gasteiger partial charge in [-0.3, -0.25) is 43.2 Å². The van der Waals surface area contributed by atoms with Crippen LogP contribution in [0.25, 0.3) is 0 Å². The lowest BCUT2D eigenvalue weighted by Gasteiger charge is -2.28. The molecular formula is C34H58N10O14S. The SMILES string of the molecule is CSCCC(NC(=O)C(N)CO)C(=O)NC(C)C(=O)N1CCCC1C(=O)NCC(=O)NC(CC(N)=O)C(=O)NC(C(=O)NC(CO)C(=O)NC(C(=O)O)C(C)C)C(C)O. The highest BCUT2D eigenvalue weighted by Gasteiger charge is 2.38. The van der Waals surface area contributed by atoms with Crippen LogP contribution >= 0.6 is 11.8 Å². The molecule has 9 unspecified atom stereocenters. The number of carboxylic acid groups (broad SMARTS) is 1. The van der Waals surface area contributed by atoms with E-state index in [2.05, 4.69) is 37.2 Å². The topological polar surface area (TPSA) is 391 Å². The van der Waals surface area contributed by atoms with Crippen molar-refractivity contribution in [3.8, 4) is 0 Å². The minimum atomic E-state index is -1.83. The van der Waals surface area contributed by atoms with Gasteiger partial charge in [-0.1, -0.05) is 13.8 Å². The second kappa shape index (κ2) is 25.4. The van der Waals surface area contributed by atoms with Gasteiger partial charge in [0, 0.05) is 6.54 Å². The first-order chi connectivity index (χ1) is 27.6. The van der Waals surface area contributed by atoms with Crippen LogP contribution in [0.15, 0.2) is 0 Å². The number of rotatable bonds is 25.